The molecule has 0 radical (unpaired) electrons. The summed E-state index contributed by atoms with van der Waals surface area (Å²) >= 11 is 0. The van der Waals surface area contributed by atoms with Gasteiger partial charge in [-0.3, -0.25) is 0 Å². The summed E-state index contributed by atoms with van der Waals surface area (Å²) in [5.74, 6) is 0.942. The Morgan fingerprint density at radius 2 is 2.00 bits per heavy atom. The van der Waals surface area contributed by atoms with Crippen LogP contribution in [-0.4, -0.2) is 26.3 Å². The molecular formula is C13H25NO. The molecule has 2 rings (SSSR count). The molecule has 0 aromatic rings. The highest BCUT2D eigenvalue weighted by Crippen LogP contribution is 2.46. The Kier molecular flexibility index (Phi) is 4.04. The van der Waals surface area contributed by atoms with Crippen LogP contribution in [0.5, 0.6) is 0 Å². The van der Waals surface area contributed by atoms with Crippen LogP contribution in [0.3, 0.4) is 0 Å². The maximum atomic E-state index is 5.43. The van der Waals surface area contributed by atoms with Crippen molar-refractivity contribution < 1.29 is 4.74 Å². The van der Waals surface area contributed by atoms with Gasteiger partial charge >= 0.3 is 0 Å². The van der Waals surface area contributed by atoms with Gasteiger partial charge in [0.05, 0.1) is 0 Å². The molecule has 0 spiro atoms. The van der Waals surface area contributed by atoms with Crippen LogP contribution in [0, 0.1) is 11.3 Å². The third kappa shape index (κ3) is 2.94. The summed E-state index contributed by atoms with van der Waals surface area (Å²) < 4.78 is 5.43. The summed E-state index contributed by atoms with van der Waals surface area (Å²) in [6, 6.07) is 0. The van der Waals surface area contributed by atoms with Crippen LogP contribution in [0.1, 0.15) is 45.4 Å². The quantitative estimate of drug-likeness (QED) is 0.754. The fraction of sp³-hybridized carbons (Fsp3) is 1.00. The fourth-order valence-electron chi connectivity index (χ4n) is 3.08. The molecule has 0 atom stereocenters. The molecule has 0 aromatic carbocycles. The van der Waals surface area contributed by atoms with Crippen molar-refractivity contribution in [3.63, 3.8) is 0 Å². The number of nitrogens with one attached hydrogen (secondary N) is 1. The van der Waals surface area contributed by atoms with Crippen molar-refractivity contribution in [2.45, 2.75) is 45.4 Å². The van der Waals surface area contributed by atoms with Crippen molar-refractivity contribution in [3.8, 4) is 0 Å². The third-order valence-electron chi connectivity index (χ3n) is 4.23. The Morgan fingerprint density at radius 1 is 1.27 bits per heavy atom. The maximum absolute atomic E-state index is 5.43. The molecule has 1 saturated heterocycles. The topological polar surface area (TPSA) is 21.3 Å². The Balaban J connectivity index is 1.78. The molecule has 0 aromatic heterocycles. The molecule has 1 aliphatic carbocycles. The second-order valence-electron chi connectivity index (χ2n) is 5.39. The van der Waals surface area contributed by atoms with E-state index in [1.165, 1.54) is 45.1 Å². The van der Waals surface area contributed by atoms with Gasteiger partial charge in [-0.05, 0) is 50.0 Å². The van der Waals surface area contributed by atoms with Crippen molar-refractivity contribution in [3.05, 3.63) is 0 Å². The number of rotatable bonds is 5. The first-order chi connectivity index (χ1) is 7.35. The lowest BCUT2D eigenvalue weighted by atomic mass is 9.63. The van der Waals surface area contributed by atoms with Crippen LogP contribution >= 0.6 is 0 Å². The third-order valence-corrected chi connectivity index (χ3v) is 4.23. The minimum absolute atomic E-state index is 0.665. The van der Waals surface area contributed by atoms with Gasteiger partial charge in [0, 0.05) is 19.8 Å². The predicted molar refractivity (Wildman–Crippen MR) is 63.0 cm³/mol. The normalized spacial score (nSPS) is 26.2. The number of hydrogen-bond donors (Lipinski definition) is 1. The number of hydrogen-bond acceptors (Lipinski definition) is 2. The van der Waals surface area contributed by atoms with Crippen LogP contribution < -0.4 is 5.32 Å². The van der Waals surface area contributed by atoms with Crippen molar-refractivity contribution >= 4 is 0 Å². The van der Waals surface area contributed by atoms with Crippen LogP contribution in [0.25, 0.3) is 0 Å². The maximum Gasteiger partial charge on any atom is 0.0468 e. The summed E-state index contributed by atoms with van der Waals surface area (Å²) in [5.41, 5.74) is 0.665. The van der Waals surface area contributed by atoms with Gasteiger partial charge in [-0.1, -0.05) is 13.3 Å². The van der Waals surface area contributed by atoms with E-state index in [0.29, 0.717) is 5.41 Å². The van der Waals surface area contributed by atoms with Crippen LogP contribution in [0.4, 0.5) is 0 Å². The zero-order valence-corrected chi connectivity index (χ0v) is 10.1. The SMILES string of the molecule is CCNCC1(CC2CCOCC2)CCC1. The van der Waals surface area contributed by atoms with Gasteiger partial charge in [-0.2, -0.15) is 0 Å². The average molecular weight is 211 g/mol. The van der Waals surface area contributed by atoms with Gasteiger partial charge < -0.3 is 10.1 Å². The van der Waals surface area contributed by atoms with Crippen molar-refractivity contribution in [1.82, 2.24) is 5.32 Å². The first-order valence-corrected chi connectivity index (χ1v) is 6.63. The highest BCUT2D eigenvalue weighted by atomic mass is 16.5. The summed E-state index contributed by atoms with van der Waals surface area (Å²) in [6.45, 7) is 6.58. The van der Waals surface area contributed by atoms with E-state index in [-0.39, 0.29) is 0 Å². The molecule has 0 unspecified atom stereocenters. The van der Waals surface area contributed by atoms with Gasteiger partial charge in [0.15, 0.2) is 0 Å². The van der Waals surface area contributed by atoms with Gasteiger partial charge in [-0.15, -0.1) is 0 Å². The molecule has 88 valence electrons. The Morgan fingerprint density at radius 3 is 2.53 bits per heavy atom. The predicted octanol–water partition coefficient (Wildman–Crippen LogP) is 2.58. The van der Waals surface area contributed by atoms with Gasteiger partial charge in [0.2, 0.25) is 0 Å². The molecule has 1 N–H and O–H groups in total. The average Bonchev–Trinajstić information content (AvgIpc) is 2.23. The molecule has 2 heteroatoms. The van der Waals surface area contributed by atoms with Gasteiger partial charge in [0.1, 0.15) is 0 Å². The molecule has 15 heavy (non-hydrogen) atoms. The first-order valence-electron chi connectivity index (χ1n) is 6.63. The Labute approximate surface area is 93.8 Å². The van der Waals surface area contributed by atoms with Gasteiger partial charge in [0.25, 0.3) is 0 Å². The zero-order valence-electron chi connectivity index (χ0n) is 10.1. The smallest absolute Gasteiger partial charge is 0.0468 e. The summed E-state index contributed by atoms with van der Waals surface area (Å²) in [4.78, 5) is 0. The number of ether oxygens (including phenoxy) is 1. The molecule has 0 amide bonds. The molecular weight excluding hydrogens is 186 g/mol. The summed E-state index contributed by atoms with van der Waals surface area (Å²) in [5, 5.41) is 3.55. The molecule has 0 bridgehead atoms. The van der Waals surface area contributed by atoms with Crippen molar-refractivity contribution in [2.75, 3.05) is 26.3 Å². The minimum atomic E-state index is 0.665. The fourth-order valence-corrected chi connectivity index (χ4v) is 3.08. The lowest BCUT2D eigenvalue weighted by Crippen LogP contribution is -2.42. The van der Waals surface area contributed by atoms with E-state index >= 15 is 0 Å². The largest absolute Gasteiger partial charge is 0.381 e. The van der Waals surface area contributed by atoms with Crippen LogP contribution in [0.2, 0.25) is 0 Å². The summed E-state index contributed by atoms with van der Waals surface area (Å²) in [7, 11) is 0. The Bertz CT molecular complexity index is 183. The molecule has 2 fully saturated rings. The monoisotopic (exact) mass is 211 g/mol. The molecule has 1 saturated carbocycles. The van der Waals surface area contributed by atoms with E-state index in [1.54, 1.807) is 0 Å². The van der Waals surface area contributed by atoms with Gasteiger partial charge in [-0.25, -0.2) is 0 Å². The second-order valence-corrected chi connectivity index (χ2v) is 5.39. The molecule has 2 nitrogen and oxygen atoms in total. The van der Waals surface area contributed by atoms with E-state index in [4.69, 9.17) is 4.74 Å². The van der Waals surface area contributed by atoms with E-state index < -0.39 is 0 Å². The highest BCUT2D eigenvalue weighted by Gasteiger charge is 2.38. The highest BCUT2D eigenvalue weighted by molar-refractivity contribution is 4.91. The Hall–Kier alpha value is -0.0800. The second kappa shape index (κ2) is 5.31. The standard InChI is InChI=1S/C13H25NO/c1-2-14-11-13(6-3-7-13)10-12-4-8-15-9-5-12/h12,14H,2-11H2,1H3. The zero-order chi connectivity index (χ0) is 10.6. The molecule has 1 heterocycles. The molecule has 1 aliphatic heterocycles. The van der Waals surface area contributed by atoms with Crippen molar-refractivity contribution in [1.29, 1.82) is 0 Å². The van der Waals surface area contributed by atoms with Crippen molar-refractivity contribution in [2.24, 2.45) is 11.3 Å². The van der Waals surface area contributed by atoms with E-state index in [1.807, 2.05) is 0 Å². The van der Waals surface area contributed by atoms with E-state index in [9.17, 15) is 0 Å². The van der Waals surface area contributed by atoms with E-state index in [2.05, 4.69) is 12.2 Å². The minimum Gasteiger partial charge on any atom is -0.381 e. The van der Waals surface area contributed by atoms with Crippen LogP contribution in [0.15, 0.2) is 0 Å². The lowest BCUT2D eigenvalue weighted by molar-refractivity contribution is 0.0240. The summed E-state index contributed by atoms with van der Waals surface area (Å²) in [6.07, 6.45) is 8.41. The van der Waals surface area contributed by atoms with E-state index in [0.717, 1.165) is 25.7 Å². The first kappa shape index (κ1) is 11.4. The van der Waals surface area contributed by atoms with Crippen LogP contribution in [-0.2, 0) is 4.74 Å². The molecule has 2 aliphatic rings. The lowest BCUT2D eigenvalue weighted by Gasteiger charge is -2.45.